The van der Waals surface area contributed by atoms with Gasteiger partial charge in [0.2, 0.25) is 5.91 Å². The van der Waals surface area contributed by atoms with Gasteiger partial charge in [0.15, 0.2) is 10.3 Å². The van der Waals surface area contributed by atoms with E-state index in [0.717, 1.165) is 45.6 Å². The molecule has 0 saturated heterocycles. The van der Waals surface area contributed by atoms with Crippen molar-refractivity contribution in [1.82, 2.24) is 9.97 Å². The van der Waals surface area contributed by atoms with Crippen LogP contribution in [0.25, 0.3) is 10.6 Å². The van der Waals surface area contributed by atoms with Gasteiger partial charge in [-0.25, -0.2) is 9.97 Å². The molecule has 136 valence electrons. The molecular formula is C18H21N5OS2. The third-order valence-corrected chi connectivity index (χ3v) is 5.49. The molecule has 0 radical (unpaired) electrons. The van der Waals surface area contributed by atoms with E-state index in [1.165, 1.54) is 22.7 Å². The minimum atomic E-state index is 0.0522. The van der Waals surface area contributed by atoms with Crippen LogP contribution in [0, 0.1) is 6.92 Å². The number of nitrogens with one attached hydrogen (secondary N) is 2. The number of hydrogen-bond donors (Lipinski definition) is 3. The first-order valence-corrected chi connectivity index (χ1v) is 10.1. The van der Waals surface area contributed by atoms with Crippen molar-refractivity contribution in [2.75, 3.05) is 16.4 Å². The van der Waals surface area contributed by atoms with Gasteiger partial charge in [0, 0.05) is 23.2 Å². The third-order valence-electron chi connectivity index (χ3n) is 3.73. The lowest BCUT2D eigenvalue weighted by Crippen LogP contribution is -2.10. The largest absolute Gasteiger partial charge is 0.375 e. The van der Waals surface area contributed by atoms with Crippen LogP contribution in [0.15, 0.2) is 29.6 Å². The Hall–Kier alpha value is -2.45. The van der Waals surface area contributed by atoms with Gasteiger partial charge < -0.3 is 16.4 Å². The zero-order chi connectivity index (χ0) is 18.5. The van der Waals surface area contributed by atoms with Crippen LogP contribution in [-0.2, 0) is 4.79 Å². The number of thiazole rings is 2. The average molecular weight is 388 g/mol. The molecule has 1 aromatic carbocycles. The molecule has 0 aliphatic carbocycles. The fraction of sp³-hybridized carbons (Fsp3) is 0.278. The van der Waals surface area contributed by atoms with E-state index in [1.54, 1.807) is 0 Å². The van der Waals surface area contributed by atoms with Crippen LogP contribution in [0.4, 0.5) is 21.6 Å². The molecule has 26 heavy (non-hydrogen) atoms. The van der Waals surface area contributed by atoms with Crippen LogP contribution in [0.2, 0.25) is 0 Å². The molecule has 2 aromatic heterocycles. The van der Waals surface area contributed by atoms with Crippen LogP contribution >= 0.6 is 22.7 Å². The summed E-state index contributed by atoms with van der Waals surface area (Å²) in [5.41, 5.74) is 9.25. The van der Waals surface area contributed by atoms with Crippen LogP contribution in [0.1, 0.15) is 31.9 Å². The number of carbonyl (C=O) groups excluding carboxylic acids is 1. The van der Waals surface area contributed by atoms with Crippen molar-refractivity contribution in [2.24, 2.45) is 0 Å². The number of aryl methyl sites for hydroxylation is 1. The van der Waals surface area contributed by atoms with Gasteiger partial charge in [-0.05, 0) is 37.6 Å². The van der Waals surface area contributed by atoms with Gasteiger partial charge in [0.05, 0.1) is 16.3 Å². The van der Waals surface area contributed by atoms with Crippen molar-refractivity contribution in [2.45, 2.75) is 33.1 Å². The Kier molecular flexibility index (Phi) is 5.85. The second kappa shape index (κ2) is 8.29. The second-order valence-corrected chi connectivity index (χ2v) is 7.75. The van der Waals surface area contributed by atoms with Crippen LogP contribution < -0.4 is 16.4 Å². The second-order valence-electron chi connectivity index (χ2n) is 5.86. The van der Waals surface area contributed by atoms with E-state index in [2.05, 4.69) is 27.5 Å². The summed E-state index contributed by atoms with van der Waals surface area (Å²) >= 11 is 2.97. The minimum absolute atomic E-state index is 0.0522. The van der Waals surface area contributed by atoms with Gasteiger partial charge in [-0.3, -0.25) is 4.79 Å². The number of nitrogen functional groups attached to an aromatic ring is 1. The molecule has 8 heteroatoms. The average Bonchev–Trinajstić information content (AvgIpc) is 3.20. The maximum Gasteiger partial charge on any atom is 0.224 e. The van der Waals surface area contributed by atoms with E-state index in [0.29, 0.717) is 11.6 Å². The van der Waals surface area contributed by atoms with E-state index in [1.807, 2.05) is 36.6 Å². The van der Waals surface area contributed by atoms with Crippen molar-refractivity contribution in [1.29, 1.82) is 0 Å². The topological polar surface area (TPSA) is 92.9 Å². The lowest BCUT2D eigenvalue weighted by Gasteiger charge is -2.07. The van der Waals surface area contributed by atoms with Gasteiger partial charge in [-0.1, -0.05) is 24.7 Å². The number of unbranched alkanes of at least 4 members (excludes halogenated alkanes) is 1. The highest BCUT2D eigenvalue weighted by Crippen LogP contribution is 2.34. The molecule has 2 heterocycles. The predicted octanol–water partition coefficient (Wildman–Crippen LogP) is 5.03. The highest BCUT2D eigenvalue weighted by Gasteiger charge is 2.12. The maximum atomic E-state index is 11.8. The Morgan fingerprint density at radius 3 is 2.58 bits per heavy atom. The van der Waals surface area contributed by atoms with Gasteiger partial charge in [0.1, 0.15) is 0 Å². The molecule has 3 rings (SSSR count). The smallest absolute Gasteiger partial charge is 0.224 e. The summed E-state index contributed by atoms with van der Waals surface area (Å²) in [6.45, 7) is 4.01. The van der Waals surface area contributed by atoms with Crippen LogP contribution in [0.5, 0.6) is 0 Å². The first-order chi connectivity index (χ1) is 12.5. The molecule has 0 fully saturated rings. The maximum absolute atomic E-state index is 11.8. The number of amides is 1. The summed E-state index contributed by atoms with van der Waals surface area (Å²) in [6.07, 6.45) is 2.47. The Morgan fingerprint density at radius 1 is 1.19 bits per heavy atom. The number of nitrogens with zero attached hydrogens (tertiary/aromatic N) is 2. The van der Waals surface area contributed by atoms with E-state index in [9.17, 15) is 4.79 Å². The zero-order valence-electron chi connectivity index (χ0n) is 14.7. The van der Waals surface area contributed by atoms with Gasteiger partial charge in [-0.15, -0.1) is 11.3 Å². The van der Waals surface area contributed by atoms with Gasteiger partial charge in [0.25, 0.3) is 0 Å². The third kappa shape index (κ3) is 4.59. The van der Waals surface area contributed by atoms with Crippen molar-refractivity contribution < 1.29 is 4.79 Å². The Balaban J connectivity index is 1.63. The van der Waals surface area contributed by atoms with Crippen LogP contribution in [-0.4, -0.2) is 15.9 Å². The van der Waals surface area contributed by atoms with Crippen molar-refractivity contribution >= 4 is 50.2 Å². The first kappa shape index (κ1) is 18.3. The number of anilines is 4. The molecule has 0 aliphatic rings. The normalized spacial score (nSPS) is 10.7. The zero-order valence-corrected chi connectivity index (χ0v) is 16.3. The number of benzene rings is 1. The summed E-state index contributed by atoms with van der Waals surface area (Å²) < 4.78 is 0. The summed E-state index contributed by atoms with van der Waals surface area (Å²) in [4.78, 5) is 21.6. The molecule has 0 bridgehead atoms. The molecule has 0 unspecified atom stereocenters. The molecule has 6 nitrogen and oxygen atoms in total. The Labute approximate surface area is 160 Å². The Bertz CT molecular complexity index is 885. The molecule has 0 atom stereocenters. The molecule has 4 N–H and O–H groups in total. The fourth-order valence-electron chi connectivity index (χ4n) is 2.41. The minimum Gasteiger partial charge on any atom is -0.375 e. The quantitative estimate of drug-likeness (QED) is 0.529. The molecule has 3 aromatic rings. The molecule has 1 amide bonds. The van der Waals surface area contributed by atoms with Gasteiger partial charge in [-0.2, -0.15) is 0 Å². The lowest BCUT2D eigenvalue weighted by molar-refractivity contribution is -0.116. The van der Waals surface area contributed by atoms with Gasteiger partial charge >= 0.3 is 0 Å². The molecule has 0 aliphatic heterocycles. The Morgan fingerprint density at radius 2 is 1.92 bits per heavy atom. The number of rotatable bonds is 7. The highest BCUT2D eigenvalue weighted by molar-refractivity contribution is 7.19. The first-order valence-electron chi connectivity index (χ1n) is 8.41. The summed E-state index contributed by atoms with van der Waals surface area (Å²) in [5, 5.41) is 9.53. The molecule has 0 spiro atoms. The highest BCUT2D eigenvalue weighted by atomic mass is 32.1. The SMILES string of the molecule is CCCCC(=O)Nc1ccc(Nc2nc(-c3sc(N)nc3C)cs2)cc1. The summed E-state index contributed by atoms with van der Waals surface area (Å²) in [5.74, 6) is 0.0522. The monoisotopic (exact) mass is 387 g/mol. The molecular weight excluding hydrogens is 366 g/mol. The van der Waals surface area contributed by atoms with E-state index in [-0.39, 0.29) is 5.91 Å². The van der Waals surface area contributed by atoms with Crippen molar-refractivity contribution in [3.05, 3.63) is 35.3 Å². The number of aromatic nitrogens is 2. The van der Waals surface area contributed by atoms with Crippen LogP contribution in [0.3, 0.4) is 0 Å². The molecule has 0 saturated carbocycles. The van der Waals surface area contributed by atoms with Crippen molar-refractivity contribution in [3.63, 3.8) is 0 Å². The van der Waals surface area contributed by atoms with E-state index < -0.39 is 0 Å². The standard InChI is InChI=1S/C18H21N5OS2/c1-3-4-5-15(24)21-12-6-8-13(9-7-12)22-18-23-14(10-25-18)16-11(2)20-17(19)26-16/h6-10H,3-5H2,1-2H3,(H2,19,20)(H,21,24)(H,22,23). The van der Waals surface area contributed by atoms with Crippen molar-refractivity contribution in [3.8, 4) is 10.6 Å². The van der Waals surface area contributed by atoms with E-state index in [4.69, 9.17) is 5.73 Å². The number of nitrogens with two attached hydrogens (primary N) is 1. The summed E-state index contributed by atoms with van der Waals surface area (Å²) in [7, 11) is 0. The number of carbonyl (C=O) groups is 1. The van der Waals surface area contributed by atoms with E-state index >= 15 is 0 Å². The predicted molar refractivity (Wildman–Crippen MR) is 110 cm³/mol. The number of hydrogen-bond acceptors (Lipinski definition) is 7. The summed E-state index contributed by atoms with van der Waals surface area (Å²) in [6, 6.07) is 7.61. The lowest BCUT2D eigenvalue weighted by atomic mass is 10.2. The fourth-order valence-corrected chi connectivity index (χ4v) is 4.00.